The molecule has 0 saturated heterocycles. The quantitative estimate of drug-likeness (QED) is 0.854. The first-order valence-corrected chi connectivity index (χ1v) is 9.19. The number of hydrogen-bond donors (Lipinski definition) is 0. The van der Waals surface area contributed by atoms with E-state index in [0.717, 1.165) is 24.1 Å². The van der Waals surface area contributed by atoms with Crippen molar-refractivity contribution in [1.82, 2.24) is 4.31 Å². The smallest absolute Gasteiger partial charge is 0.243 e. The summed E-state index contributed by atoms with van der Waals surface area (Å²) in [4.78, 5) is 13.9. The molecule has 1 aliphatic heterocycles. The lowest BCUT2D eigenvalue weighted by Gasteiger charge is -2.35. The molecular formula is C16H24N2O3S. The molecule has 1 atom stereocenters. The van der Waals surface area contributed by atoms with E-state index in [1.165, 1.54) is 4.31 Å². The minimum absolute atomic E-state index is 0.00667. The molecule has 0 aromatic heterocycles. The van der Waals surface area contributed by atoms with Crippen LogP contribution in [0.25, 0.3) is 0 Å². The number of nitrogens with zero attached hydrogens (tertiary/aromatic N) is 2. The van der Waals surface area contributed by atoms with Crippen molar-refractivity contribution in [3.63, 3.8) is 0 Å². The highest BCUT2D eigenvalue weighted by Gasteiger charge is 2.28. The monoisotopic (exact) mass is 324 g/mol. The number of benzene rings is 1. The third kappa shape index (κ3) is 2.90. The molecule has 1 aromatic rings. The van der Waals surface area contributed by atoms with E-state index in [-0.39, 0.29) is 11.9 Å². The normalized spacial score (nSPS) is 18.4. The second-order valence-corrected chi connectivity index (χ2v) is 7.59. The molecule has 2 rings (SSSR count). The third-order valence-corrected chi connectivity index (χ3v) is 6.31. The molecule has 0 saturated carbocycles. The number of carbonyl (C=O) groups is 1. The second-order valence-electron chi connectivity index (χ2n) is 5.66. The van der Waals surface area contributed by atoms with Crippen LogP contribution in [0.4, 0.5) is 5.69 Å². The average Bonchev–Trinajstić information content (AvgIpc) is 2.47. The molecule has 22 heavy (non-hydrogen) atoms. The van der Waals surface area contributed by atoms with E-state index >= 15 is 0 Å². The molecule has 5 nitrogen and oxygen atoms in total. The topological polar surface area (TPSA) is 57.7 Å². The zero-order valence-corrected chi connectivity index (χ0v) is 14.5. The van der Waals surface area contributed by atoms with E-state index in [4.69, 9.17) is 0 Å². The maximum Gasteiger partial charge on any atom is 0.243 e. The van der Waals surface area contributed by atoms with Crippen LogP contribution in [0.5, 0.6) is 0 Å². The Morgan fingerprint density at radius 2 is 1.95 bits per heavy atom. The molecule has 1 amide bonds. The predicted octanol–water partition coefficient (Wildman–Crippen LogP) is 2.40. The van der Waals surface area contributed by atoms with Crippen molar-refractivity contribution < 1.29 is 13.2 Å². The van der Waals surface area contributed by atoms with E-state index in [1.54, 1.807) is 30.0 Å². The lowest BCUT2D eigenvalue weighted by Crippen LogP contribution is -2.40. The Hall–Kier alpha value is -1.40. The number of sulfonamides is 1. The molecule has 0 radical (unpaired) electrons. The highest BCUT2D eigenvalue weighted by Crippen LogP contribution is 2.33. The first-order valence-electron chi connectivity index (χ1n) is 7.75. The van der Waals surface area contributed by atoms with E-state index < -0.39 is 10.0 Å². The highest BCUT2D eigenvalue weighted by molar-refractivity contribution is 7.89. The molecule has 0 spiro atoms. The van der Waals surface area contributed by atoms with Gasteiger partial charge in [-0.2, -0.15) is 4.31 Å². The Morgan fingerprint density at radius 1 is 1.32 bits per heavy atom. The van der Waals surface area contributed by atoms with Gasteiger partial charge in [0.1, 0.15) is 0 Å². The fraction of sp³-hybridized carbons (Fsp3) is 0.562. The van der Waals surface area contributed by atoms with Crippen LogP contribution in [0.3, 0.4) is 0 Å². The van der Waals surface area contributed by atoms with Gasteiger partial charge in [-0.05, 0) is 43.5 Å². The van der Waals surface area contributed by atoms with E-state index in [1.807, 2.05) is 20.8 Å². The summed E-state index contributed by atoms with van der Waals surface area (Å²) in [5.74, 6) is -0.00667. The predicted molar refractivity (Wildman–Crippen MR) is 87.5 cm³/mol. The van der Waals surface area contributed by atoms with Crippen molar-refractivity contribution in [1.29, 1.82) is 0 Å². The fourth-order valence-corrected chi connectivity index (χ4v) is 4.59. The van der Waals surface area contributed by atoms with Crippen LogP contribution in [0.15, 0.2) is 23.1 Å². The van der Waals surface area contributed by atoms with Crippen LogP contribution in [0, 0.1) is 0 Å². The Bertz CT molecular complexity index is 666. The van der Waals surface area contributed by atoms with Gasteiger partial charge in [0.2, 0.25) is 15.9 Å². The van der Waals surface area contributed by atoms with Gasteiger partial charge in [-0.1, -0.05) is 13.8 Å². The Kier molecular flexibility index (Phi) is 4.92. The van der Waals surface area contributed by atoms with Crippen molar-refractivity contribution in [2.45, 2.75) is 51.5 Å². The summed E-state index contributed by atoms with van der Waals surface area (Å²) in [5, 5.41) is 0. The molecule has 0 aliphatic carbocycles. The number of fused-ring (bicyclic) bond motifs is 1. The summed E-state index contributed by atoms with van der Waals surface area (Å²) in [6.45, 7) is 8.13. The van der Waals surface area contributed by atoms with Gasteiger partial charge in [0.15, 0.2) is 0 Å². The molecule has 1 unspecified atom stereocenters. The molecule has 6 heteroatoms. The zero-order valence-electron chi connectivity index (χ0n) is 13.7. The van der Waals surface area contributed by atoms with Gasteiger partial charge in [-0.15, -0.1) is 0 Å². The van der Waals surface area contributed by atoms with Crippen molar-refractivity contribution in [3.8, 4) is 0 Å². The molecule has 0 bridgehead atoms. The fourth-order valence-electron chi connectivity index (χ4n) is 3.08. The van der Waals surface area contributed by atoms with Crippen molar-refractivity contribution >= 4 is 21.6 Å². The number of aryl methyl sites for hydroxylation is 1. The largest absolute Gasteiger partial charge is 0.310 e. The van der Waals surface area contributed by atoms with Crippen LogP contribution >= 0.6 is 0 Å². The molecule has 122 valence electrons. The first kappa shape index (κ1) is 17.0. The van der Waals surface area contributed by atoms with Gasteiger partial charge in [0, 0.05) is 31.7 Å². The molecule has 1 aliphatic rings. The summed E-state index contributed by atoms with van der Waals surface area (Å²) in [6, 6.07) is 5.25. The number of anilines is 1. The minimum Gasteiger partial charge on any atom is -0.310 e. The molecule has 0 N–H and O–H groups in total. The van der Waals surface area contributed by atoms with Crippen molar-refractivity contribution in [3.05, 3.63) is 23.8 Å². The Morgan fingerprint density at radius 3 is 2.50 bits per heavy atom. The van der Waals surface area contributed by atoms with Crippen LogP contribution in [-0.4, -0.2) is 37.8 Å². The average molecular weight is 324 g/mol. The van der Waals surface area contributed by atoms with Gasteiger partial charge in [0.25, 0.3) is 0 Å². The number of rotatable bonds is 4. The zero-order chi connectivity index (χ0) is 16.5. The Balaban J connectivity index is 2.47. The van der Waals surface area contributed by atoms with E-state index in [9.17, 15) is 13.2 Å². The van der Waals surface area contributed by atoms with Crippen LogP contribution in [0.1, 0.15) is 39.7 Å². The van der Waals surface area contributed by atoms with Gasteiger partial charge in [-0.3, -0.25) is 4.79 Å². The van der Waals surface area contributed by atoms with Crippen LogP contribution in [-0.2, 0) is 21.2 Å². The van der Waals surface area contributed by atoms with Crippen LogP contribution < -0.4 is 4.90 Å². The summed E-state index contributed by atoms with van der Waals surface area (Å²) >= 11 is 0. The lowest BCUT2D eigenvalue weighted by molar-refractivity contribution is -0.117. The van der Waals surface area contributed by atoms with Gasteiger partial charge in [0.05, 0.1) is 4.90 Å². The molecular weight excluding hydrogens is 300 g/mol. The summed E-state index contributed by atoms with van der Waals surface area (Å²) < 4.78 is 26.7. The second kappa shape index (κ2) is 6.38. The maximum atomic E-state index is 12.6. The minimum atomic E-state index is -3.46. The summed E-state index contributed by atoms with van der Waals surface area (Å²) in [5.41, 5.74) is 1.77. The van der Waals surface area contributed by atoms with Crippen molar-refractivity contribution in [2.24, 2.45) is 0 Å². The highest BCUT2D eigenvalue weighted by atomic mass is 32.2. The molecule has 1 aromatic carbocycles. The number of amides is 1. The summed E-state index contributed by atoms with van der Waals surface area (Å²) in [6.07, 6.45) is 1.64. The van der Waals surface area contributed by atoms with Gasteiger partial charge >= 0.3 is 0 Å². The SMILES string of the molecule is CCN(CC)S(=O)(=O)c1ccc2c(c1)CCC(C)N2C(C)=O. The standard InChI is InChI=1S/C16H24N2O3S/c1-5-17(6-2)22(20,21)15-9-10-16-14(11-15)8-7-12(3)18(16)13(4)19/h9-12H,5-8H2,1-4H3. The summed E-state index contributed by atoms with van der Waals surface area (Å²) in [7, 11) is -3.46. The van der Waals surface area contributed by atoms with E-state index in [2.05, 4.69) is 0 Å². The molecule has 0 fully saturated rings. The lowest BCUT2D eigenvalue weighted by atomic mass is 9.96. The third-order valence-electron chi connectivity index (χ3n) is 4.27. The maximum absolute atomic E-state index is 12.6. The van der Waals surface area contributed by atoms with Crippen molar-refractivity contribution in [2.75, 3.05) is 18.0 Å². The van der Waals surface area contributed by atoms with E-state index in [0.29, 0.717) is 18.0 Å². The number of hydrogen-bond acceptors (Lipinski definition) is 3. The van der Waals surface area contributed by atoms with Gasteiger partial charge in [-0.25, -0.2) is 8.42 Å². The first-order chi connectivity index (χ1) is 10.3. The van der Waals surface area contributed by atoms with Crippen LogP contribution in [0.2, 0.25) is 0 Å². The molecule has 1 heterocycles. The Labute approximate surface area is 133 Å². The van der Waals surface area contributed by atoms with Gasteiger partial charge < -0.3 is 4.90 Å². The number of carbonyl (C=O) groups excluding carboxylic acids is 1.